The van der Waals surface area contributed by atoms with Gasteiger partial charge >= 0.3 is 11.9 Å². The normalized spacial score (nSPS) is 17.7. The molecule has 15 nitrogen and oxygen atoms in total. The second kappa shape index (κ2) is 17.4. The van der Waals surface area contributed by atoms with Crippen molar-refractivity contribution in [2.24, 2.45) is 0 Å². The number of piperazine rings is 1. The summed E-state index contributed by atoms with van der Waals surface area (Å²) in [5.74, 6) is -3.82. The predicted octanol–water partition coefficient (Wildman–Crippen LogP) is -0.895. The van der Waals surface area contributed by atoms with Gasteiger partial charge in [-0.05, 0) is 62.1 Å². The van der Waals surface area contributed by atoms with Crippen molar-refractivity contribution in [1.29, 1.82) is 0 Å². The molecule has 2 amide bonds. The van der Waals surface area contributed by atoms with Crippen LogP contribution in [0.3, 0.4) is 0 Å². The molecule has 3 atom stereocenters. The van der Waals surface area contributed by atoms with Gasteiger partial charge < -0.3 is 51.5 Å². The lowest BCUT2D eigenvalue weighted by atomic mass is 10.0. The summed E-state index contributed by atoms with van der Waals surface area (Å²) in [5.41, 5.74) is 2.25. The topological polar surface area (TPSA) is 250 Å². The summed E-state index contributed by atoms with van der Waals surface area (Å²) < 4.78 is 0. The molecule has 0 spiro atoms. The van der Waals surface area contributed by atoms with Gasteiger partial charge in [0.05, 0.1) is 0 Å². The number of hydrogen-bond acceptors (Lipinski definition) is 8. The third-order valence-corrected chi connectivity index (χ3v) is 8.11. The fourth-order valence-corrected chi connectivity index (χ4v) is 5.46. The third kappa shape index (κ3) is 9.56. The van der Waals surface area contributed by atoms with Crippen LogP contribution in [-0.2, 0) is 14.4 Å². The number of piperidine rings is 1. The molecule has 1 aromatic heterocycles. The first-order valence-corrected chi connectivity index (χ1v) is 14.5. The van der Waals surface area contributed by atoms with Crippen molar-refractivity contribution >= 4 is 34.7 Å². The number of likely N-dealkylation sites (tertiary alicyclic amines) is 1. The zero-order valence-corrected chi connectivity index (χ0v) is 25.5. The Hall–Kier alpha value is -4.38. The number of carbonyl (C=O) groups is 4. The zero-order valence-electron chi connectivity index (χ0n) is 25.5. The van der Waals surface area contributed by atoms with Crippen LogP contribution < -0.4 is 5.32 Å². The number of aliphatic carboxylic acids is 2. The number of benzene rings is 2. The zero-order chi connectivity index (χ0) is 31.8. The number of hydrogen-bond donors (Lipinski definition) is 6. The summed E-state index contributed by atoms with van der Waals surface area (Å²) in [4.78, 5) is 56.3. The minimum absolute atomic E-state index is 0. The lowest BCUT2D eigenvalue weighted by Crippen LogP contribution is -2.55. The quantitative estimate of drug-likeness (QED) is 0.176. The molecule has 10 N–H and O–H groups in total. The van der Waals surface area contributed by atoms with Gasteiger partial charge in [0.2, 0.25) is 5.91 Å². The molecule has 0 saturated carbocycles. The van der Waals surface area contributed by atoms with Gasteiger partial charge in [0.25, 0.3) is 5.91 Å². The van der Waals surface area contributed by atoms with E-state index in [-0.39, 0.29) is 22.8 Å². The second-order valence-electron chi connectivity index (χ2n) is 11.1. The number of fused-ring (bicyclic) bond motifs is 1. The van der Waals surface area contributed by atoms with Crippen LogP contribution in [0.1, 0.15) is 34.8 Å². The minimum Gasteiger partial charge on any atom is -0.479 e. The SMILES string of the molecule is CN1CCC(N2CCN(C(=O)[C@H](NC(=O)c3ccc4cc[nH]c4c3)c3ccccc3)CC2)CC1.O.O.O=C(O)[C@@H](O)[C@H](O)C(=O)O. The van der Waals surface area contributed by atoms with E-state index in [2.05, 4.69) is 27.1 Å². The second-order valence-corrected chi connectivity index (χ2v) is 11.1. The summed E-state index contributed by atoms with van der Waals surface area (Å²) in [5, 5.41) is 36.6. The van der Waals surface area contributed by atoms with Crippen LogP contribution in [-0.4, -0.2) is 139 Å². The number of aromatic nitrogens is 1. The Morgan fingerprint density at radius 2 is 1.41 bits per heavy atom. The standard InChI is InChI=1S/C27H33N5O2.C4H6O6.2H2O/c1-30-13-10-23(11-14-30)31-15-17-32(18-16-31)27(34)25(21-5-3-2-4-6-21)29-26(33)22-8-7-20-9-12-28-24(20)19-22;5-1(3(7)8)2(6)4(9)10;;/h2-9,12,19,23,25,28H,10-11,13-18H2,1H3,(H,29,33);1-2,5-6H,(H,7,8)(H,9,10);2*1H2/t25-;1-,2-;;/m10../s1. The first-order valence-electron chi connectivity index (χ1n) is 14.5. The largest absolute Gasteiger partial charge is 0.479 e. The summed E-state index contributed by atoms with van der Waals surface area (Å²) in [6.07, 6.45) is -0.292. The van der Waals surface area contributed by atoms with Crippen LogP contribution in [0.5, 0.6) is 0 Å². The molecule has 252 valence electrons. The highest BCUT2D eigenvalue weighted by atomic mass is 16.4. The van der Waals surface area contributed by atoms with Crippen LogP contribution in [0.4, 0.5) is 0 Å². The molecule has 5 rings (SSSR count). The molecular formula is C31H43N5O10. The maximum absolute atomic E-state index is 13.6. The summed E-state index contributed by atoms with van der Waals surface area (Å²) in [7, 11) is 2.18. The number of rotatable bonds is 8. The number of carboxylic acid groups (broad SMARTS) is 2. The van der Waals surface area contributed by atoms with E-state index in [1.54, 1.807) is 6.07 Å². The smallest absolute Gasteiger partial charge is 0.335 e. The number of amides is 2. The molecule has 2 aliphatic heterocycles. The monoisotopic (exact) mass is 645 g/mol. The number of carbonyl (C=O) groups excluding carboxylic acids is 2. The highest BCUT2D eigenvalue weighted by molar-refractivity contribution is 6.00. The van der Waals surface area contributed by atoms with Crippen LogP contribution in [0.15, 0.2) is 60.8 Å². The molecule has 0 unspecified atom stereocenters. The van der Waals surface area contributed by atoms with Gasteiger partial charge in [-0.3, -0.25) is 14.5 Å². The number of nitrogens with zero attached hydrogens (tertiary/aromatic N) is 3. The van der Waals surface area contributed by atoms with Crippen molar-refractivity contribution in [3.63, 3.8) is 0 Å². The molecule has 0 aliphatic carbocycles. The number of H-pyrrole nitrogens is 1. The summed E-state index contributed by atoms with van der Waals surface area (Å²) in [6.45, 7) is 5.44. The van der Waals surface area contributed by atoms with Gasteiger partial charge in [-0.2, -0.15) is 0 Å². The van der Waals surface area contributed by atoms with Crippen molar-refractivity contribution in [3.05, 3.63) is 71.9 Å². The average molecular weight is 646 g/mol. The molecule has 0 bridgehead atoms. The lowest BCUT2D eigenvalue weighted by Gasteiger charge is -2.42. The van der Waals surface area contributed by atoms with E-state index < -0.39 is 30.2 Å². The van der Waals surface area contributed by atoms with Crippen LogP contribution in [0, 0.1) is 0 Å². The number of aliphatic hydroxyl groups is 2. The Morgan fingerprint density at radius 3 is 1.98 bits per heavy atom. The maximum atomic E-state index is 13.6. The van der Waals surface area contributed by atoms with E-state index in [4.69, 9.17) is 20.4 Å². The van der Waals surface area contributed by atoms with Gasteiger partial charge in [0.1, 0.15) is 6.04 Å². The Balaban J connectivity index is 0.000000535. The molecular weight excluding hydrogens is 602 g/mol. The van der Waals surface area contributed by atoms with Crippen molar-refractivity contribution in [3.8, 4) is 0 Å². The number of aromatic amines is 1. The highest BCUT2D eigenvalue weighted by Crippen LogP contribution is 2.22. The van der Waals surface area contributed by atoms with Crippen molar-refractivity contribution in [2.75, 3.05) is 46.3 Å². The van der Waals surface area contributed by atoms with Crippen LogP contribution in [0.2, 0.25) is 0 Å². The first-order chi connectivity index (χ1) is 21.0. The molecule has 2 saturated heterocycles. The van der Waals surface area contributed by atoms with Gasteiger partial charge in [0.15, 0.2) is 12.2 Å². The lowest BCUT2D eigenvalue weighted by molar-refractivity contribution is -0.165. The van der Waals surface area contributed by atoms with E-state index in [1.807, 2.05) is 59.6 Å². The Morgan fingerprint density at radius 1 is 0.826 bits per heavy atom. The number of aliphatic hydroxyl groups excluding tert-OH is 2. The molecule has 2 aromatic carbocycles. The fourth-order valence-electron chi connectivity index (χ4n) is 5.46. The minimum atomic E-state index is -2.27. The molecule has 3 heterocycles. The number of carboxylic acids is 2. The Bertz CT molecular complexity index is 1420. The molecule has 15 heteroatoms. The number of nitrogens with one attached hydrogen (secondary N) is 2. The van der Waals surface area contributed by atoms with Crippen molar-refractivity contribution < 1.29 is 50.6 Å². The van der Waals surface area contributed by atoms with Crippen molar-refractivity contribution in [1.82, 2.24) is 25.0 Å². The van der Waals surface area contributed by atoms with Crippen LogP contribution in [0.25, 0.3) is 10.9 Å². The van der Waals surface area contributed by atoms with E-state index in [0.29, 0.717) is 24.7 Å². The fraction of sp³-hybridized carbons (Fsp3) is 0.419. The van der Waals surface area contributed by atoms with Crippen molar-refractivity contribution in [2.45, 2.75) is 37.1 Å². The van der Waals surface area contributed by atoms with Gasteiger partial charge in [-0.25, -0.2) is 9.59 Å². The van der Waals surface area contributed by atoms with E-state index in [9.17, 15) is 19.2 Å². The van der Waals surface area contributed by atoms with Gasteiger partial charge in [0, 0.05) is 49.5 Å². The molecule has 2 fully saturated rings. The average Bonchev–Trinajstić information content (AvgIpc) is 3.52. The first kappa shape index (κ1) is 37.8. The third-order valence-electron chi connectivity index (χ3n) is 8.11. The predicted molar refractivity (Wildman–Crippen MR) is 168 cm³/mol. The van der Waals surface area contributed by atoms with E-state index in [1.165, 1.54) is 12.8 Å². The van der Waals surface area contributed by atoms with E-state index >= 15 is 0 Å². The molecule has 3 aromatic rings. The summed E-state index contributed by atoms with van der Waals surface area (Å²) >= 11 is 0. The Kier molecular flexibility index (Phi) is 14.3. The van der Waals surface area contributed by atoms with Gasteiger partial charge in [-0.1, -0.05) is 36.4 Å². The summed E-state index contributed by atoms with van der Waals surface area (Å²) in [6, 6.07) is 17.0. The van der Waals surface area contributed by atoms with Gasteiger partial charge in [-0.15, -0.1) is 0 Å². The molecule has 46 heavy (non-hydrogen) atoms. The molecule has 0 radical (unpaired) electrons. The molecule has 2 aliphatic rings. The maximum Gasteiger partial charge on any atom is 0.335 e. The van der Waals surface area contributed by atoms with Crippen LogP contribution >= 0.6 is 0 Å². The highest BCUT2D eigenvalue weighted by Gasteiger charge is 2.33. The van der Waals surface area contributed by atoms with E-state index in [0.717, 1.165) is 42.6 Å². The Labute approximate surface area is 265 Å².